The van der Waals surface area contributed by atoms with E-state index in [1.54, 1.807) is 18.2 Å². The zero-order chi connectivity index (χ0) is 15.7. The monoisotopic (exact) mass is 340 g/mol. The van der Waals surface area contributed by atoms with Gasteiger partial charge in [-0.25, -0.2) is 13.4 Å². The Hall–Kier alpha value is -1.44. The van der Waals surface area contributed by atoms with Gasteiger partial charge in [-0.05, 0) is 37.5 Å². The first-order valence-electron chi connectivity index (χ1n) is 7.13. The molecule has 0 radical (unpaired) electrons. The van der Waals surface area contributed by atoms with Gasteiger partial charge in [0.15, 0.2) is 0 Å². The van der Waals surface area contributed by atoms with E-state index in [-0.39, 0.29) is 16.0 Å². The molecule has 118 valence electrons. The molecule has 1 unspecified atom stereocenters. The van der Waals surface area contributed by atoms with Crippen molar-refractivity contribution in [1.82, 2.24) is 19.5 Å². The smallest absolute Gasteiger partial charge is 0.245 e. The van der Waals surface area contributed by atoms with Crippen LogP contribution < -0.4 is 0 Å². The predicted octanol–water partition coefficient (Wildman–Crippen LogP) is 2.68. The fraction of sp³-hybridized carbons (Fsp3) is 0.429. The summed E-state index contributed by atoms with van der Waals surface area (Å²) in [6, 6.07) is 4.67. The van der Waals surface area contributed by atoms with Crippen LogP contribution in [0.5, 0.6) is 0 Å². The molecule has 2 heterocycles. The number of H-pyrrole nitrogens is 1. The van der Waals surface area contributed by atoms with E-state index in [0.29, 0.717) is 12.4 Å². The summed E-state index contributed by atoms with van der Waals surface area (Å²) in [5.74, 6) is 0.575. The van der Waals surface area contributed by atoms with Crippen LogP contribution in [0, 0.1) is 6.92 Å². The Balaban J connectivity index is 2.02. The molecule has 8 heteroatoms. The first kappa shape index (κ1) is 15.5. The average Bonchev–Trinajstić information content (AvgIpc) is 3.01. The van der Waals surface area contributed by atoms with E-state index < -0.39 is 10.0 Å². The van der Waals surface area contributed by atoms with Crippen molar-refractivity contribution in [3.63, 3.8) is 0 Å². The second-order valence-electron chi connectivity index (χ2n) is 5.43. The quantitative estimate of drug-likeness (QED) is 0.931. The van der Waals surface area contributed by atoms with Gasteiger partial charge in [0.1, 0.15) is 17.0 Å². The average molecular weight is 341 g/mol. The van der Waals surface area contributed by atoms with Gasteiger partial charge in [-0.1, -0.05) is 24.1 Å². The van der Waals surface area contributed by atoms with Crippen molar-refractivity contribution in [1.29, 1.82) is 0 Å². The Morgan fingerprint density at radius 2 is 2.18 bits per heavy atom. The third-order valence-corrected chi connectivity index (χ3v) is 6.27. The molecule has 6 nitrogen and oxygen atoms in total. The number of aryl methyl sites for hydroxylation is 1. The van der Waals surface area contributed by atoms with Gasteiger partial charge < -0.3 is 0 Å². The number of sulfonamides is 1. The summed E-state index contributed by atoms with van der Waals surface area (Å²) in [6.07, 6.45) is 3.90. The molecule has 1 aliphatic heterocycles. The summed E-state index contributed by atoms with van der Waals surface area (Å²) in [6.45, 7) is 2.33. The van der Waals surface area contributed by atoms with E-state index in [2.05, 4.69) is 15.2 Å². The molecule has 1 fully saturated rings. The van der Waals surface area contributed by atoms with Gasteiger partial charge in [0.25, 0.3) is 0 Å². The number of halogens is 1. The van der Waals surface area contributed by atoms with Gasteiger partial charge in [0, 0.05) is 6.54 Å². The lowest BCUT2D eigenvalue weighted by Crippen LogP contribution is -2.39. The van der Waals surface area contributed by atoms with Gasteiger partial charge in [-0.2, -0.15) is 9.40 Å². The standard InChI is InChI=1S/C14H17ClN4O2S/c1-10-5-6-13(11(15)8-10)22(20,21)19-7-3-2-4-12(19)14-16-9-17-18-14/h5-6,8-9,12H,2-4,7H2,1H3,(H,16,17,18). The van der Waals surface area contributed by atoms with Gasteiger partial charge in [-0.3, -0.25) is 5.10 Å². The molecule has 1 aliphatic rings. The van der Waals surface area contributed by atoms with Crippen LogP contribution in [0.2, 0.25) is 5.02 Å². The van der Waals surface area contributed by atoms with Crippen LogP contribution in [-0.4, -0.2) is 34.4 Å². The van der Waals surface area contributed by atoms with E-state index in [9.17, 15) is 8.42 Å². The maximum atomic E-state index is 13.0. The highest BCUT2D eigenvalue weighted by Crippen LogP contribution is 2.35. The van der Waals surface area contributed by atoms with Crippen molar-refractivity contribution in [2.75, 3.05) is 6.54 Å². The molecule has 0 aliphatic carbocycles. The largest absolute Gasteiger partial charge is 0.262 e. The normalized spacial score (nSPS) is 20.2. The number of nitrogens with one attached hydrogen (secondary N) is 1. The molecule has 1 aromatic heterocycles. The first-order valence-corrected chi connectivity index (χ1v) is 8.95. The topological polar surface area (TPSA) is 79.0 Å². The van der Waals surface area contributed by atoms with Crippen molar-refractivity contribution in [3.05, 3.63) is 40.9 Å². The van der Waals surface area contributed by atoms with Crippen LogP contribution in [0.25, 0.3) is 0 Å². The van der Waals surface area contributed by atoms with Crippen LogP contribution in [0.3, 0.4) is 0 Å². The maximum absolute atomic E-state index is 13.0. The number of aromatic amines is 1. The van der Waals surface area contributed by atoms with Crippen LogP contribution in [0.1, 0.15) is 36.7 Å². The summed E-state index contributed by atoms with van der Waals surface area (Å²) >= 11 is 6.16. The molecule has 2 aromatic rings. The van der Waals surface area contributed by atoms with Crippen LogP contribution >= 0.6 is 11.6 Å². The lowest BCUT2D eigenvalue weighted by atomic mass is 10.0. The number of aromatic nitrogens is 3. The van der Waals surface area contributed by atoms with Crippen LogP contribution in [-0.2, 0) is 10.0 Å². The molecule has 0 bridgehead atoms. The Bertz CT molecular complexity index is 761. The minimum atomic E-state index is -3.67. The molecule has 0 saturated carbocycles. The van der Waals surface area contributed by atoms with Gasteiger partial charge in [0.2, 0.25) is 10.0 Å². The molecule has 1 aromatic carbocycles. The Labute approximate surface area is 134 Å². The number of benzene rings is 1. The number of rotatable bonds is 3. The highest BCUT2D eigenvalue weighted by molar-refractivity contribution is 7.89. The summed E-state index contributed by atoms with van der Waals surface area (Å²) in [4.78, 5) is 4.27. The van der Waals surface area contributed by atoms with E-state index in [0.717, 1.165) is 24.8 Å². The Morgan fingerprint density at radius 3 is 2.86 bits per heavy atom. The third-order valence-electron chi connectivity index (χ3n) is 3.88. The van der Waals surface area contributed by atoms with Gasteiger partial charge in [0.05, 0.1) is 11.1 Å². The lowest BCUT2D eigenvalue weighted by Gasteiger charge is -2.33. The zero-order valence-corrected chi connectivity index (χ0v) is 13.7. The number of hydrogen-bond acceptors (Lipinski definition) is 4. The summed E-state index contributed by atoms with van der Waals surface area (Å²) in [7, 11) is -3.67. The van der Waals surface area contributed by atoms with E-state index in [4.69, 9.17) is 11.6 Å². The second kappa shape index (κ2) is 5.98. The number of nitrogens with zero attached hydrogens (tertiary/aromatic N) is 3. The lowest BCUT2D eigenvalue weighted by molar-refractivity contribution is 0.247. The maximum Gasteiger partial charge on any atom is 0.245 e. The highest BCUT2D eigenvalue weighted by atomic mass is 35.5. The molecule has 3 rings (SSSR count). The first-order chi connectivity index (χ1) is 10.5. The zero-order valence-electron chi connectivity index (χ0n) is 12.2. The molecule has 22 heavy (non-hydrogen) atoms. The van der Waals surface area contributed by atoms with Crippen LogP contribution in [0.15, 0.2) is 29.4 Å². The minimum absolute atomic E-state index is 0.145. The van der Waals surface area contributed by atoms with Crippen molar-refractivity contribution in [3.8, 4) is 0 Å². The third kappa shape index (κ3) is 2.76. The number of hydrogen-bond donors (Lipinski definition) is 1. The van der Waals surface area contributed by atoms with Crippen molar-refractivity contribution < 1.29 is 8.42 Å². The molecule has 1 N–H and O–H groups in total. The fourth-order valence-corrected chi connectivity index (χ4v) is 5.02. The van der Waals surface area contributed by atoms with E-state index in [1.807, 2.05) is 6.92 Å². The second-order valence-corrected chi connectivity index (χ2v) is 7.70. The van der Waals surface area contributed by atoms with Gasteiger partial charge >= 0.3 is 0 Å². The minimum Gasteiger partial charge on any atom is -0.262 e. The molecular weight excluding hydrogens is 324 g/mol. The molecule has 1 saturated heterocycles. The highest BCUT2D eigenvalue weighted by Gasteiger charge is 2.36. The van der Waals surface area contributed by atoms with Gasteiger partial charge in [-0.15, -0.1) is 0 Å². The Morgan fingerprint density at radius 1 is 1.36 bits per heavy atom. The number of piperidine rings is 1. The predicted molar refractivity (Wildman–Crippen MR) is 83.1 cm³/mol. The molecule has 1 atom stereocenters. The summed E-state index contributed by atoms with van der Waals surface area (Å²) < 4.78 is 27.5. The van der Waals surface area contributed by atoms with E-state index >= 15 is 0 Å². The molecule has 0 spiro atoms. The Kier molecular flexibility index (Phi) is 4.20. The summed E-state index contributed by atoms with van der Waals surface area (Å²) in [5.41, 5.74) is 0.925. The molecule has 0 amide bonds. The van der Waals surface area contributed by atoms with Crippen molar-refractivity contribution in [2.24, 2.45) is 0 Å². The fourth-order valence-electron chi connectivity index (χ4n) is 2.78. The molecular formula is C14H17ClN4O2S. The summed E-state index contributed by atoms with van der Waals surface area (Å²) in [5, 5.41) is 6.87. The van der Waals surface area contributed by atoms with Crippen molar-refractivity contribution >= 4 is 21.6 Å². The van der Waals surface area contributed by atoms with E-state index in [1.165, 1.54) is 10.6 Å². The SMILES string of the molecule is Cc1ccc(S(=O)(=O)N2CCCCC2c2ncn[nH]2)c(Cl)c1. The van der Waals surface area contributed by atoms with Crippen molar-refractivity contribution in [2.45, 2.75) is 37.1 Å². The van der Waals surface area contributed by atoms with Crippen LogP contribution in [0.4, 0.5) is 0 Å².